The molecule has 0 saturated carbocycles. The Morgan fingerprint density at radius 3 is 2.06 bits per heavy atom. The number of hydrogen-bond acceptors (Lipinski definition) is 4. The molecule has 1 atom stereocenters. The van der Waals surface area contributed by atoms with Gasteiger partial charge in [0.2, 0.25) is 5.91 Å². The SMILES string of the molecule is Cc1ccc(S(=O)(=O)NC(=O)C(Cc2ccncc2)c2ccc(-c3ccccc3)cc2)cc1. The van der Waals surface area contributed by atoms with E-state index in [4.69, 9.17) is 0 Å². The molecule has 0 spiro atoms. The van der Waals surface area contributed by atoms with Gasteiger partial charge in [0.05, 0.1) is 10.8 Å². The van der Waals surface area contributed by atoms with Crippen LogP contribution in [0.3, 0.4) is 0 Å². The van der Waals surface area contributed by atoms with E-state index in [9.17, 15) is 13.2 Å². The zero-order valence-electron chi connectivity index (χ0n) is 18.2. The maximum atomic E-state index is 13.3. The number of pyridine rings is 1. The third kappa shape index (κ3) is 5.54. The standard InChI is InChI=1S/C27H24N2O3S/c1-20-7-13-25(14-8-20)33(31,32)29-27(30)26(19-21-15-17-28-18-16-21)24-11-9-23(10-12-24)22-5-3-2-4-6-22/h2-18,26H,19H2,1H3,(H,29,30). The van der Waals surface area contributed by atoms with Gasteiger partial charge in [-0.15, -0.1) is 0 Å². The van der Waals surface area contributed by atoms with E-state index in [-0.39, 0.29) is 4.90 Å². The molecule has 0 saturated heterocycles. The number of aromatic nitrogens is 1. The number of hydrogen-bond donors (Lipinski definition) is 1. The van der Waals surface area contributed by atoms with Gasteiger partial charge in [0.25, 0.3) is 10.0 Å². The number of amides is 1. The van der Waals surface area contributed by atoms with Gasteiger partial charge >= 0.3 is 0 Å². The average molecular weight is 457 g/mol. The number of carbonyl (C=O) groups is 1. The smallest absolute Gasteiger partial charge is 0.264 e. The highest BCUT2D eigenvalue weighted by molar-refractivity contribution is 7.90. The molecule has 0 aliphatic heterocycles. The van der Waals surface area contributed by atoms with Crippen LogP contribution in [-0.2, 0) is 21.2 Å². The first kappa shape index (κ1) is 22.4. The van der Waals surface area contributed by atoms with Crippen molar-refractivity contribution in [2.75, 3.05) is 0 Å². The first-order chi connectivity index (χ1) is 15.9. The summed E-state index contributed by atoms with van der Waals surface area (Å²) in [6, 6.07) is 27.7. The zero-order chi connectivity index (χ0) is 23.3. The minimum Gasteiger partial charge on any atom is -0.273 e. The lowest BCUT2D eigenvalue weighted by molar-refractivity contribution is -0.120. The fourth-order valence-corrected chi connectivity index (χ4v) is 4.65. The number of aryl methyl sites for hydroxylation is 1. The van der Waals surface area contributed by atoms with E-state index in [0.29, 0.717) is 6.42 Å². The Balaban J connectivity index is 1.63. The highest BCUT2D eigenvalue weighted by Gasteiger charge is 2.26. The van der Waals surface area contributed by atoms with E-state index in [1.807, 2.05) is 73.7 Å². The van der Waals surface area contributed by atoms with Gasteiger partial charge in [-0.2, -0.15) is 0 Å². The van der Waals surface area contributed by atoms with Crippen molar-refractivity contribution in [1.29, 1.82) is 0 Å². The molecular formula is C27H24N2O3S. The molecule has 1 unspecified atom stereocenters. The third-order valence-electron chi connectivity index (χ3n) is 5.49. The molecule has 0 aliphatic carbocycles. The number of benzene rings is 3. The minimum atomic E-state index is -3.98. The lowest BCUT2D eigenvalue weighted by Gasteiger charge is -2.18. The molecule has 4 aromatic rings. The summed E-state index contributed by atoms with van der Waals surface area (Å²) in [5, 5.41) is 0. The summed E-state index contributed by atoms with van der Waals surface area (Å²) in [7, 11) is -3.98. The molecule has 1 heterocycles. The number of rotatable bonds is 7. The van der Waals surface area contributed by atoms with Crippen molar-refractivity contribution >= 4 is 15.9 Å². The van der Waals surface area contributed by atoms with E-state index in [2.05, 4.69) is 9.71 Å². The molecule has 4 rings (SSSR count). The molecule has 3 aromatic carbocycles. The fourth-order valence-electron chi connectivity index (χ4n) is 3.63. The van der Waals surface area contributed by atoms with E-state index < -0.39 is 21.8 Å². The van der Waals surface area contributed by atoms with Crippen LogP contribution >= 0.6 is 0 Å². The van der Waals surface area contributed by atoms with Crippen molar-refractivity contribution in [1.82, 2.24) is 9.71 Å². The van der Waals surface area contributed by atoms with Gasteiger partial charge in [0.1, 0.15) is 0 Å². The van der Waals surface area contributed by atoms with E-state index in [1.165, 1.54) is 12.1 Å². The second kappa shape index (κ2) is 9.79. The van der Waals surface area contributed by atoms with Crippen LogP contribution in [0.15, 0.2) is 108 Å². The van der Waals surface area contributed by atoms with Gasteiger partial charge in [0, 0.05) is 12.4 Å². The summed E-state index contributed by atoms with van der Waals surface area (Å²) in [6.45, 7) is 1.87. The lowest BCUT2D eigenvalue weighted by atomic mass is 9.90. The van der Waals surface area contributed by atoms with Gasteiger partial charge in [-0.05, 0) is 59.9 Å². The summed E-state index contributed by atoms with van der Waals surface area (Å²) in [4.78, 5) is 17.3. The summed E-state index contributed by atoms with van der Waals surface area (Å²) >= 11 is 0. The number of carbonyl (C=O) groups excluding carboxylic acids is 1. The Labute approximate surface area is 194 Å². The van der Waals surface area contributed by atoms with Gasteiger partial charge < -0.3 is 0 Å². The van der Waals surface area contributed by atoms with Crippen LogP contribution in [-0.4, -0.2) is 19.3 Å². The molecule has 1 aromatic heterocycles. The normalized spacial score (nSPS) is 12.2. The topological polar surface area (TPSA) is 76.1 Å². The molecule has 166 valence electrons. The van der Waals surface area contributed by atoms with Crippen molar-refractivity contribution in [3.8, 4) is 11.1 Å². The van der Waals surface area contributed by atoms with Gasteiger partial charge in [-0.1, -0.05) is 72.3 Å². The van der Waals surface area contributed by atoms with Gasteiger partial charge in [0.15, 0.2) is 0 Å². The Morgan fingerprint density at radius 2 is 1.42 bits per heavy atom. The third-order valence-corrected chi connectivity index (χ3v) is 6.85. The molecule has 0 bridgehead atoms. The number of sulfonamides is 1. The predicted molar refractivity (Wildman–Crippen MR) is 129 cm³/mol. The van der Waals surface area contributed by atoms with Crippen molar-refractivity contribution in [3.63, 3.8) is 0 Å². The summed E-state index contributed by atoms with van der Waals surface area (Å²) in [6.07, 6.45) is 3.67. The lowest BCUT2D eigenvalue weighted by Crippen LogP contribution is -2.35. The number of nitrogens with zero attached hydrogens (tertiary/aromatic N) is 1. The Morgan fingerprint density at radius 1 is 0.818 bits per heavy atom. The van der Waals surface area contributed by atoms with Crippen molar-refractivity contribution in [2.45, 2.75) is 24.2 Å². The molecule has 6 heteroatoms. The van der Waals surface area contributed by atoms with Crippen LogP contribution < -0.4 is 4.72 Å². The highest BCUT2D eigenvalue weighted by Crippen LogP contribution is 2.26. The van der Waals surface area contributed by atoms with Crippen LogP contribution in [0.4, 0.5) is 0 Å². The highest BCUT2D eigenvalue weighted by atomic mass is 32.2. The van der Waals surface area contributed by atoms with Crippen molar-refractivity contribution in [3.05, 3.63) is 120 Å². The van der Waals surface area contributed by atoms with Crippen LogP contribution in [0.2, 0.25) is 0 Å². The second-order valence-corrected chi connectivity index (χ2v) is 9.57. The Hall–Kier alpha value is -3.77. The predicted octanol–water partition coefficient (Wildman–Crippen LogP) is 4.89. The van der Waals surface area contributed by atoms with E-state index in [0.717, 1.165) is 27.8 Å². The van der Waals surface area contributed by atoms with Gasteiger partial charge in [-0.25, -0.2) is 13.1 Å². The average Bonchev–Trinajstić information content (AvgIpc) is 2.84. The largest absolute Gasteiger partial charge is 0.273 e. The number of nitrogens with one attached hydrogen (secondary N) is 1. The van der Waals surface area contributed by atoms with Crippen molar-refractivity contribution in [2.24, 2.45) is 0 Å². The Bertz CT molecular complexity index is 1320. The maximum absolute atomic E-state index is 13.3. The molecule has 1 amide bonds. The maximum Gasteiger partial charge on any atom is 0.264 e. The molecule has 0 radical (unpaired) electrons. The van der Waals surface area contributed by atoms with E-state index >= 15 is 0 Å². The summed E-state index contributed by atoms with van der Waals surface area (Å²) in [5.74, 6) is -1.25. The summed E-state index contributed by atoms with van der Waals surface area (Å²) in [5.41, 5.74) is 4.67. The fraction of sp³-hybridized carbons (Fsp3) is 0.111. The minimum absolute atomic E-state index is 0.0588. The zero-order valence-corrected chi connectivity index (χ0v) is 19.0. The second-order valence-electron chi connectivity index (χ2n) is 7.88. The molecule has 0 fully saturated rings. The molecular weight excluding hydrogens is 432 g/mol. The van der Waals surface area contributed by atoms with Crippen LogP contribution in [0.1, 0.15) is 22.6 Å². The molecule has 1 N–H and O–H groups in total. The van der Waals surface area contributed by atoms with E-state index in [1.54, 1.807) is 24.5 Å². The first-order valence-corrected chi connectivity index (χ1v) is 12.1. The Kier molecular flexibility index (Phi) is 6.66. The van der Waals surface area contributed by atoms with Gasteiger partial charge in [-0.3, -0.25) is 9.78 Å². The summed E-state index contributed by atoms with van der Waals surface area (Å²) < 4.78 is 28.0. The van der Waals surface area contributed by atoms with Crippen LogP contribution in [0.5, 0.6) is 0 Å². The molecule has 0 aliphatic rings. The monoisotopic (exact) mass is 456 g/mol. The van der Waals surface area contributed by atoms with Crippen LogP contribution in [0, 0.1) is 6.92 Å². The quantitative estimate of drug-likeness (QED) is 0.430. The molecule has 5 nitrogen and oxygen atoms in total. The molecule has 33 heavy (non-hydrogen) atoms. The van der Waals surface area contributed by atoms with Crippen LogP contribution in [0.25, 0.3) is 11.1 Å². The van der Waals surface area contributed by atoms with Crippen molar-refractivity contribution < 1.29 is 13.2 Å². The first-order valence-electron chi connectivity index (χ1n) is 10.6.